The van der Waals surface area contributed by atoms with E-state index in [0.717, 1.165) is 24.3 Å². The van der Waals surface area contributed by atoms with E-state index in [-0.39, 0.29) is 0 Å². The fourth-order valence-corrected chi connectivity index (χ4v) is 2.70. The number of hydrogen-bond acceptors (Lipinski definition) is 4. The van der Waals surface area contributed by atoms with Gasteiger partial charge in [-0.05, 0) is 29.8 Å². The van der Waals surface area contributed by atoms with Gasteiger partial charge in [-0.25, -0.2) is 21.6 Å². The van der Waals surface area contributed by atoms with E-state index in [1.54, 1.807) is 4.72 Å². The Bertz CT molecular complexity index is 852. The largest absolute Gasteiger partial charge is 0.545 e. The van der Waals surface area contributed by atoms with E-state index < -0.39 is 49.6 Å². The fraction of sp³-hybridized carbons (Fsp3) is 0. The Morgan fingerprint density at radius 1 is 1.05 bits per heavy atom. The molecule has 22 heavy (non-hydrogen) atoms. The molecule has 2 aromatic rings. The standard InChI is InChI=1S/C13H8F3NO4S/c14-9-4-5-10(12(16)11(9)15)17-22(20,21)8-3-1-2-7(6-8)13(18)19/h1-6,17H,(H,18,19)/p-1. The van der Waals surface area contributed by atoms with Crippen LogP contribution < -0.4 is 9.83 Å². The molecule has 2 rings (SSSR count). The monoisotopic (exact) mass is 330 g/mol. The first-order valence-electron chi connectivity index (χ1n) is 5.70. The first-order valence-corrected chi connectivity index (χ1v) is 7.18. The summed E-state index contributed by atoms with van der Waals surface area (Å²) in [5, 5.41) is 10.7. The number of rotatable bonds is 4. The van der Waals surface area contributed by atoms with Crippen molar-refractivity contribution in [2.24, 2.45) is 0 Å². The number of halogens is 3. The van der Waals surface area contributed by atoms with Gasteiger partial charge in [0.1, 0.15) is 0 Å². The summed E-state index contributed by atoms with van der Waals surface area (Å²) >= 11 is 0. The Morgan fingerprint density at radius 2 is 1.73 bits per heavy atom. The van der Waals surface area contributed by atoms with E-state index in [1.807, 2.05) is 0 Å². The molecule has 116 valence electrons. The summed E-state index contributed by atoms with van der Waals surface area (Å²) in [6, 6.07) is 5.33. The zero-order valence-electron chi connectivity index (χ0n) is 10.6. The van der Waals surface area contributed by atoms with Crippen molar-refractivity contribution in [1.29, 1.82) is 0 Å². The highest BCUT2D eigenvalue weighted by Crippen LogP contribution is 2.23. The zero-order chi connectivity index (χ0) is 16.5. The molecule has 0 radical (unpaired) electrons. The van der Waals surface area contributed by atoms with Crippen LogP contribution in [0.25, 0.3) is 0 Å². The Kier molecular flexibility index (Phi) is 4.09. The normalized spacial score (nSPS) is 11.2. The number of hydrogen-bond donors (Lipinski definition) is 1. The lowest BCUT2D eigenvalue weighted by Gasteiger charge is -2.11. The highest BCUT2D eigenvalue weighted by Gasteiger charge is 2.20. The molecule has 0 unspecified atom stereocenters. The van der Waals surface area contributed by atoms with Crippen LogP contribution in [0.3, 0.4) is 0 Å². The molecule has 0 saturated carbocycles. The van der Waals surface area contributed by atoms with Gasteiger partial charge < -0.3 is 9.90 Å². The predicted molar refractivity (Wildman–Crippen MR) is 67.9 cm³/mol. The van der Waals surface area contributed by atoms with E-state index in [9.17, 15) is 31.5 Å². The summed E-state index contributed by atoms with van der Waals surface area (Å²) in [4.78, 5) is 10.2. The summed E-state index contributed by atoms with van der Waals surface area (Å²) < 4.78 is 65.1. The molecule has 0 aliphatic heterocycles. The van der Waals surface area contributed by atoms with Crippen molar-refractivity contribution in [1.82, 2.24) is 0 Å². The molecule has 0 spiro atoms. The molecule has 0 atom stereocenters. The van der Waals surface area contributed by atoms with Gasteiger partial charge in [-0.3, -0.25) is 4.72 Å². The quantitative estimate of drug-likeness (QED) is 0.855. The van der Waals surface area contributed by atoms with Gasteiger partial charge in [-0.15, -0.1) is 0 Å². The SMILES string of the molecule is O=C([O-])c1cccc(S(=O)(=O)Nc2ccc(F)c(F)c2F)c1. The van der Waals surface area contributed by atoms with E-state index in [2.05, 4.69) is 0 Å². The van der Waals surface area contributed by atoms with Crippen molar-refractivity contribution in [2.75, 3.05) is 4.72 Å². The van der Waals surface area contributed by atoms with Gasteiger partial charge in [-0.2, -0.15) is 0 Å². The topological polar surface area (TPSA) is 86.3 Å². The minimum atomic E-state index is -4.39. The average molecular weight is 330 g/mol. The van der Waals surface area contributed by atoms with Gasteiger partial charge in [0.05, 0.1) is 16.6 Å². The lowest BCUT2D eigenvalue weighted by atomic mass is 10.2. The molecule has 9 heteroatoms. The second-order valence-corrected chi connectivity index (χ2v) is 5.83. The predicted octanol–water partition coefficient (Wildman–Crippen LogP) is 1.27. The van der Waals surface area contributed by atoms with Crippen molar-refractivity contribution >= 4 is 21.7 Å². The Labute approximate surface area is 123 Å². The van der Waals surface area contributed by atoms with Crippen LogP contribution in [0.2, 0.25) is 0 Å². The first-order chi connectivity index (χ1) is 10.2. The van der Waals surface area contributed by atoms with Gasteiger partial charge in [0.2, 0.25) is 0 Å². The van der Waals surface area contributed by atoms with Gasteiger partial charge >= 0.3 is 0 Å². The maximum atomic E-state index is 13.5. The molecule has 0 aliphatic carbocycles. The number of carbonyl (C=O) groups excluding carboxylic acids is 1. The first kappa shape index (κ1) is 15.8. The van der Waals surface area contributed by atoms with Crippen LogP contribution in [0.5, 0.6) is 0 Å². The average Bonchev–Trinajstić information content (AvgIpc) is 2.48. The lowest BCUT2D eigenvalue weighted by Crippen LogP contribution is -2.23. The number of carboxylic acids is 1. The molecule has 1 N–H and O–H groups in total. The van der Waals surface area contributed by atoms with E-state index in [0.29, 0.717) is 12.1 Å². The Morgan fingerprint density at radius 3 is 2.36 bits per heavy atom. The second-order valence-electron chi connectivity index (χ2n) is 4.14. The molecule has 0 aromatic heterocycles. The lowest BCUT2D eigenvalue weighted by molar-refractivity contribution is -0.255. The Hall–Kier alpha value is -2.55. The summed E-state index contributed by atoms with van der Waals surface area (Å²) in [6.07, 6.45) is 0. The molecule has 0 aliphatic rings. The van der Waals surface area contributed by atoms with Crippen molar-refractivity contribution in [2.45, 2.75) is 4.90 Å². The molecule has 0 heterocycles. The van der Waals surface area contributed by atoms with Crippen LogP contribution in [0.1, 0.15) is 10.4 Å². The van der Waals surface area contributed by atoms with Crippen LogP contribution in [-0.4, -0.2) is 14.4 Å². The summed E-state index contributed by atoms with van der Waals surface area (Å²) in [5.74, 6) is -6.61. The van der Waals surface area contributed by atoms with E-state index in [4.69, 9.17) is 0 Å². The number of sulfonamides is 1. The maximum Gasteiger partial charge on any atom is 0.262 e. The zero-order valence-corrected chi connectivity index (χ0v) is 11.5. The van der Waals surface area contributed by atoms with Crippen LogP contribution in [0.15, 0.2) is 41.3 Å². The smallest absolute Gasteiger partial charge is 0.262 e. The number of carbonyl (C=O) groups is 1. The van der Waals surface area contributed by atoms with Crippen molar-refractivity contribution in [3.05, 3.63) is 59.4 Å². The van der Waals surface area contributed by atoms with Crippen LogP contribution >= 0.6 is 0 Å². The summed E-state index contributed by atoms with van der Waals surface area (Å²) in [7, 11) is -4.39. The second kappa shape index (κ2) is 5.68. The molecule has 0 fully saturated rings. The highest BCUT2D eigenvalue weighted by atomic mass is 32.2. The molecule has 0 bridgehead atoms. The van der Waals surface area contributed by atoms with Gasteiger partial charge in [0.15, 0.2) is 17.5 Å². The number of benzene rings is 2. The molecular formula is C13H7F3NO4S-. The van der Waals surface area contributed by atoms with E-state index in [1.165, 1.54) is 0 Å². The van der Waals surface area contributed by atoms with Crippen molar-refractivity contribution in [3.63, 3.8) is 0 Å². The molecule has 2 aromatic carbocycles. The third-order valence-electron chi connectivity index (χ3n) is 2.66. The summed E-state index contributed by atoms with van der Waals surface area (Å²) in [6.45, 7) is 0. The summed E-state index contributed by atoms with van der Waals surface area (Å²) in [5.41, 5.74) is -1.22. The van der Waals surface area contributed by atoms with Crippen LogP contribution in [0, 0.1) is 17.5 Å². The van der Waals surface area contributed by atoms with Crippen molar-refractivity contribution in [3.8, 4) is 0 Å². The fourth-order valence-electron chi connectivity index (χ4n) is 1.60. The van der Waals surface area contributed by atoms with Crippen LogP contribution in [-0.2, 0) is 10.0 Å². The minimum Gasteiger partial charge on any atom is -0.545 e. The highest BCUT2D eigenvalue weighted by molar-refractivity contribution is 7.92. The number of carboxylic acid groups (broad SMARTS) is 1. The van der Waals surface area contributed by atoms with Crippen molar-refractivity contribution < 1.29 is 31.5 Å². The molecule has 0 amide bonds. The van der Waals surface area contributed by atoms with Gasteiger partial charge in [0, 0.05) is 0 Å². The maximum absolute atomic E-state index is 13.5. The van der Waals surface area contributed by atoms with Gasteiger partial charge in [-0.1, -0.05) is 12.1 Å². The Balaban J connectivity index is 2.42. The number of aromatic carboxylic acids is 1. The number of anilines is 1. The van der Waals surface area contributed by atoms with Crippen LogP contribution in [0.4, 0.5) is 18.9 Å². The molecule has 0 saturated heterocycles. The minimum absolute atomic E-state index is 0.409. The molecular weight excluding hydrogens is 323 g/mol. The third-order valence-corrected chi connectivity index (χ3v) is 4.02. The van der Waals surface area contributed by atoms with E-state index >= 15 is 0 Å². The molecule has 5 nitrogen and oxygen atoms in total. The third kappa shape index (κ3) is 3.03. The number of nitrogens with one attached hydrogen (secondary N) is 1. The van der Waals surface area contributed by atoms with Gasteiger partial charge in [0.25, 0.3) is 10.0 Å².